The second kappa shape index (κ2) is 5.10. The normalized spacial score (nSPS) is 17.5. The van der Waals surface area contributed by atoms with Crippen molar-refractivity contribution in [3.63, 3.8) is 0 Å². The van der Waals surface area contributed by atoms with Gasteiger partial charge in [-0.3, -0.25) is 0 Å². The van der Waals surface area contributed by atoms with Gasteiger partial charge in [0.1, 0.15) is 0 Å². The fourth-order valence-electron chi connectivity index (χ4n) is 2.48. The van der Waals surface area contributed by atoms with E-state index in [1.807, 2.05) is 19.0 Å². The molecular formula is C13H19F2N3. The van der Waals surface area contributed by atoms with Crippen LogP contribution in [-0.4, -0.2) is 38.1 Å². The summed E-state index contributed by atoms with van der Waals surface area (Å²) in [7, 11) is 4.08. The third kappa shape index (κ3) is 2.41. The van der Waals surface area contributed by atoms with Gasteiger partial charge in [0.2, 0.25) is 0 Å². The third-order valence-electron chi connectivity index (χ3n) is 3.61. The Kier molecular flexibility index (Phi) is 3.71. The van der Waals surface area contributed by atoms with E-state index >= 15 is 0 Å². The molecule has 0 aliphatic carbocycles. The first-order chi connectivity index (χ1) is 8.50. The number of benzene rings is 1. The summed E-state index contributed by atoms with van der Waals surface area (Å²) < 4.78 is 27.0. The van der Waals surface area contributed by atoms with E-state index in [1.165, 1.54) is 6.07 Å². The SMILES string of the molecule is CN(C)C1CCN(c2c(N)ccc(F)c2F)CC1. The maximum absolute atomic E-state index is 13.8. The molecule has 0 saturated carbocycles. The summed E-state index contributed by atoms with van der Waals surface area (Å²) >= 11 is 0. The molecule has 2 N–H and O–H groups in total. The van der Waals surface area contributed by atoms with Crippen LogP contribution in [0.25, 0.3) is 0 Å². The van der Waals surface area contributed by atoms with Crippen LogP contribution < -0.4 is 10.6 Å². The van der Waals surface area contributed by atoms with Crippen molar-refractivity contribution in [2.45, 2.75) is 18.9 Å². The Labute approximate surface area is 106 Å². The molecule has 1 aromatic rings. The Morgan fingerprint density at radius 1 is 1.22 bits per heavy atom. The van der Waals surface area contributed by atoms with Crippen LogP contribution in [-0.2, 0) is 0 Å². The van der Waals surface area contributed by atoms with Crippen LogP contribution in [0.4, 0.5) is 20.2 Å². The molecule has 3 nitrogen and oxygen atoms in total. The van der Waals surface area contributed by atoms with Crippen molar-refractivity contribution in [1.29, 1.82) is 0 Å². The van der Waals surface area contributed by atoms with E-state index in [9.17, 15) is 8.78 Å². The Morgan fingerprint density at radius 2 is 1.83 bits per heavy atom. The zero-order chi connectivity index (χ0) is 13.3. The van der Waals surface area contributed by atoms with E-state index in [4.69, 9.17) is 5.73 Å². The van der Waals surface area contributed by atoms with Gasteiger partial charge in [0, 0.05) is 19.1 Å². The van der Waals surface area contributed by atoms with Gasteiger partial charge < -0.3 is 15.5 Å². The zero-order valence-corrected chi connectivity index (χ0v) is 10.8. The van der Waals surface area contributed by atoms with Crippen molar-refractivity contribution in [2.24, 2.45) is 0 Å². The summed E-state index contributed by atoms with van der Waals surface area (Å²) in [5.74, 6) is -1.67. The van der Waals surface area contributed by atoms with Gasteiger partial charge in [0.15, 0.2) is 11.6 Å². The van der Waals surface area contributed by atoms with Crippen molar-refractivity contribution in [3.8, 4) is 0 Å². The van der Waals surface area contributed by atoms with Gasteiger partial charge in [0.05, 0.1) is 11.4 Å². The van der Waals surface area contributed by atoms with Crippen LogP contribution in [0.15, 0.2) is 12.1 Å². The highest BCUT2D eigenvalue weighted by Gasteiger charge is 2.25. The maximum atomic E-state index is 13.8. The standard InChI is InChI=1S/C13H19F2N3/c1-17(2)9-5-7-18(8-6-9)13-11(16)4-3-10(14)12(13)15/h3-4,9H,5-8,16H2,1-2H3. The maximum Gasteiger partial charge on any atom is 0.184 e. The fraction of sp³-hybridized carbons (Fsp3) is 0.538. The molecule has 1 aliphatic rings. The van der Waals surface area contributed by atoms with Gasteiger partial charge in [-0.15, -0.1) is 0 Å². The predicted molar refractivity (Wildman–Crippen MR) is 69.7 cm³/mol. The summed E-state index contributed by atoms with van der Waals surface area (Å²) in [6.07, 6.45) is 1.87. The van der Waals surface area contributed by atoms with Gasteiger partial charge in [-0.2, -0.15) is 0 Å². The van der Waals surface area contributed by atoms with Gasteiger partial charge in [-0.25, -0.2) is 8.78 Å². The van der Waals surface area contributed by atoms with E-state index in [-0.39, 0.29) is 5.69 Å². The minimum absolute atomic E-state index is 0.215. The number of nitrogens with two attached hydrogens (primary N) is 1. The lowest BCUT2D eigenvalue weighted by atomic mass is 10.0. The lowest BCUT2D eigenvalue weighted by Gasteiger charge is -2.37. The monoisotopic (exact) mass is 255 g/mol. The molecule has 1 saturated heterocycles. The predicted octanol–water partition coefficient (Wildman–Crippen LogP) is 2.08. The second-order valence-electron chi connectivity index (χ2n) is 4.98. The van der Waals surface area contributed by atoms with Crippen molar-refractivity contribution in [1.82, 2.24) is 4.90 Å². The third-order valence-corrected chi connectivity index (χ3v) is 3.61. The Bertz CT molecular complexity index is 426. The average Bonchev–Trinajstić information content (AvgIpc) is 2.35. The number of rotatable bonds is 2. The van der Waals surface area contributed by atoms with E-state index in [0.29, 0.717) is 24.8 Å². The molecule has 1 aromatic carbocycles. The molecule has 2 rings (SSSR count). The van der Waals surface area contributed by atoms with Crippen molar-refractivity contribution < 1.29 is 8.78 Å². The molecule has 0 bridgehead atoms. The van der Waals surface area contributed by atoms with E-state index in [2.05, 4.69) is 4.90 Å². The van der Waals surface area contributed by atoms with Crippen LogP contribution in [0.3, 0.4) is 0 Å². The van der Waals surface area contributed by atoms with Gasteiger partial charge in [-0.05, 0) is 39.1 Å². The molecule has 100 valence electrons. The van der Waals surface area contributed by atoms with Crippen LogP contribution in [0.2, 0.25) is 0 Å². The number of anilines is 2. The van der Waals surface area contributed by atoms with Gasteiger partial charge in [0.25, 0.3) is 0 Å². The summed E-state index contributed by atoms with van der Waals surface area (Å²) in [6.45, 7) is 1.40. The van der Waals surface area contributed by atoms with Crippen molar-refractivity contribution in [2.75, 3.05) is 37.8 Å². The van der Waals surface area contributed by atoms with Crippen molar-refractivity contribution >= 4 is 11.4 Å². The molecule has 1 aliphatic heterocycles. The molecule has 1 fully saturated rings. The quantitative estimate of drug-likeness (QED) is 0.821. The minimum atomic E-state index is -0.839. The Hall–Kier alpha value is -1.36. The number of piperidine rings is 1. The number of nitrogen functional groups attached to an aromatic ring is 1. The Morgan fingerprint density at radius 3 is 2.39 bits per heavy atom. The highest BCUT2D eigenvalue weighted by atomic mass is 19.2. The molecule has 0 amide bonds. The van der Waals surface area contributed by atoms with Crippen LogP contribution >= 0.6 is 0 Å². The summed E-state index contributed by atoms with van der Waals surface area (Å²) in [4.78, 5) is 4.01. The minimum Gasteiger partial charge on any atom is -0.397 e. The van der Waals surface area contributed by atoms with E-state index in [0.717, 1.165) is 18.9 Å². The molecular weight excluding hydrogens is 236 g/mol. The molecule has 5 heteroatoms. The summed E-state index contributed by atoms with van der Waals surface area (Å²) in [6, 6.07) is 2.99. The number of hydrogen-bond acceptors (Lipinski definition) is 3. The average molecular weight is 255 g/mol. The van der Waals surface area contributed by atoms with Crippen LogP contribution in [0.5, 0.6) is 0 Å². The molecule has 0 atom stereocenters. The fourth-order valence-corrected chi connectivity index (χ4v) is 2.48. The lowest BCUT2D eigenvalue weighted by molar-refractivity contribution is 0.249. The molecule has 0 aromatic heterocycles. The Balaban J connectivity index is 2.17. The highest BCUT2D eigenvalue weighted by Crippen LogP contribution is 2.31. The topological polar surface area (TPSA) is 32.5 Å². The first-order valence-corrected chi connectivity index (χ1v) is 6.15. The molecule has 0 unspecified atom stereocenters. The summed E-state index contributed by atoms with van der Waals surface area (Å²) in [5, 5.41) is 0. The second-order valence-corrected chi connectivity index (χ2v) is 4.98. The molecule has 0 radical (unpaired) electrons. The number of nitrogens with zero attached hydrogens (tertiary/aromatic N) is 2. The zero-order valence-electron chi connectivity index (χ0n) is 10.8. The van der Waals surface area contributed by atoms with Gasteiger partial charge >= 0.3 is 0 Å². The first-order valence-electron chi connectivity index (χ1n) is 6.15. The van der Waals surface area contributed by atoms with Crippen molar-refractivity contribution in [3.05, 3.63) is 23.8 Å². The molecule has 1 heterocycles. The molecule has 18 heavy (non-hydrogen) atoms. The number of hydrogen-bond donors (Lipinski definition) is 1. The summed E-state index contributed by atoms with van der Waals surface area (Å²) in [5.41, 5.74) is 6.27. The van der Waals surface area contributed by atoms with Gasteiger partial charge in [-0.1, -0.05) is 0 Å². The van der Waals surface area contributed by atoms with E-state index in [1.54, 1.807) is 0 Å². The van der Waals surface area contributed by atoms with E-state index < -0.39 is 11.6 Å². The first kappa shape index (κ1) is 13.1. The largest absolute Gasteiger partial charge is 0.397 e. The highest BCUT2D eigenvalue weighted by molar-refractivity contribution is 5.68. The van der Waals surface area contributed by atoms with Crippen LogP contribution in [0, 0.1) is 11.6 Å². The number of halogens is 2. The van der Waals surface area contributed by atoms with Crippen LogP contribution in [0.1, 0.15) is 12.8 Å². The smallest absolute Gasteiger partial charge is 0.184 e. The molecule has 0 spiro atoms. The lowest BCUT2D eigenvalue weighted by Crippen LogP contribution is -2.42.